The quantitative estimate of drug-likeness (QED) is 0.675. The summed E-state index contributed by atoms with van der Waals surface area (Å²) in [4.78, 5) is 0.917. The smallest absolute Gasteiger partial charge is 0.166 e. The molecule has 0 radical (unpaired) electrons. The topological polar surface area (TPSA) is 0 Å². The van der Waals surface area contributed by atoms with Gasteiger partial charge in [-0.3, -0.25) is 0 Å². The first kappa shape index (κ1) is 11.4. The van der Waals surface area contributed by atoms with Crippen LogP contribution < -0.4 is 0 Å². The number of hydrogen-bond donors (Lipinski definition) is 0. The molecule has 1 aromatic carbocycles. The third-order valence-electron chi connectivity index (χ3n) is 1.80. The third-order valence-corrected chi connectivity index (χ3v) is 2.86. The molecule has 0 N–H and O–H groups in total. The first-order valence-electron chi connectivity index (χ1n) is 4.25. The van der Waals surface area contributed by atoms with Crippen molar-refractivity contribution < 1.29 is 13.2 Å². The summed E-state index contributed by atoms with van der Waals surface area (Å²) in [5.74, 6) is 0.867. The Balaban J connectivity index is 3.01. The molecule has 0 nitrogen and oxygen atoms in total. The van der Waals surface area contributed by atoms with Crippen LogP contribution in [0.3, 0.4) is 0 Å². The molecule has 0 aromatic heterocycles. The summed E-state index contributed by atoms with van der Waals surface area (Å²) in [6, 6.07) is 3.86. The predicted octanol–water partition coefficient (Wildman–Crippen LogP) is 4.13. The molecule has 4 heteroatoms. The molecule has 0 bridgehead atoms. The van der Waals surface area contributed by atoms with Gasteiger partial charge in [0.1, 0.15) is 0 Å². The van der Waals surface area contributed by atoms with E-state index in [1.54, 1.807) is 18.7 Å². The normalized spacial score (nSPS) is 11.8. The zero-order valence-electron chi connectivity index (χ0n) is 7.98. The molecule has 0 unspecified atom stereocenters. The lowest BCUT2D eigenvalue weighted by molar-refractivity contribution is -0.137. The fourth-order valence-electron chi connectivity index (χ4n) is 1.14. The minimum absolute atomic E-state index is 0.574. The van der Waals surface area contributed by atoms with Crippen LogP contribution in [0, 0.1) is 6.92 Å². The van der Waals surface area contributed by atoms with E-state index >= 15 is 0 Å². The van der Waals surface area contributed by atoms with Crippen molar-refractivity contribution in [1.82, 2.24) is 0 Å². The van der Waals surface area contributed by atoms with Gasteiger partial charge in [-0.2, -0.15) is 13.2 Å². The van der Waals surface area contributed by atoms with Crippen molar-refractivity contribution >= 4 is 11.8 Å². The van der Waals surface area contributed by atoms with Crippen molar-refractivity contribution in [3.63, 3.8) is 0 Å². The highest BCUT2D eigenvalue weighted by atomic mass is 32.2. The van der Waals surface area contributed by atoms with Gasteiger partial charge in [-0.1, -0.05) is 6.92 Å². The molecule has 0 aliphatic rings. The van der Waals surface area contributed by atoms with Crippen LogP contribution >= 0.6 is 11.8 Å². The molecule has 1 rings (SSSR count). The summed E-state index contributed by atoms with van der Waals surface area (Å²) in [7, 11) is 0. The maximum atomic E-state index is 12.3. The van der Waals surface area contributed by atoms with Gasteiger partial charge in [0.05, 0.1) is 5.56 Å². The Kier molecular flexibility index (Phi) is 3.48. The molecule has 0 fully saturated rings. The Morgan fingerprint density at radius 1 is 1.29 bits per heavy atom. The number of rotatable bonds is 2. The molecular weight excluding hydrogens is 209 g/mol. The average molecular weight is 220 g/mol. The van der Waals surface area contributed by atoms with E-state index in [9.17, 15) is 13.2 Å². The Labute approximate surface area is 85.5 Å². The van der Waals surface area contributed by atoms with E-state index in [0.717, 1.165) is 16.7 Å². The fraction of sp³-hybridized carbons (Fsp3) is 0.400. The summed E-state index contributed by atoms with van der Waals surface area (Å²) >= 11 is 1.55. The summed E-state index contributed by atoms with van der Waals surface area (Å²) in [5, 5.41) is 0. The minimum atomic E-state index is -4.24. The van der Waals surface area contributed by atoms with Crippen LogP contribution in [0.1, 0.15) is 18.1 Å². The Morgan fingerprint density at radius 3 is 2.36 bits per heavy atom. The van der Waals surface area contributed by atoms with E-state index in [0.29, 0.717) is 5.56 Å². The first-order chi connectivity index (χ1) is 6.45. The predicted molar refractivity (Wildman–Crippen MR) is 52.6 cm³/mol. The second kappa shape index (κ2) is 4.26. The molecule has 0 heterocycles. The maximum absolute atomic E-state index is 12.3. The second-order valence-electron chi connectivity index (χ2n) is 2.91. The highest BCUT2D eigenvalue weighted by Crippen LogP contribution is 2.32. The van der Waals surface area contributed by atoms with Crippen LogP contribution in [0.5, 0.6) is 0 Å². The Hall–Kier alpha value is -0.640. The lowest BCUT2D eigenvalue weighted by Gasteiger charge is -2.09. The van der Waals surface area contributed by atoms with E-state index in [1.807, 2.05) is 6.92 Å². The van der Waals surface area contributed by atoms with Gasteiger partial charge < -0.3 is 0 Å². The van der Waals surface area contributed by atoms with Crippen molar-refractivity contribution in [2.24, 2.45) is 0 Å². The van der Waals surface area contributed by atoms with Gasteiger partial charge in [0.15, 0.2) is 0 Å². The molecule has 0 aliphatic heterocycles. The summed E-state index contributed by atoms with van der Waals surface area (Å²) in [6.07, 6.45) is -4.24. The zero-order valence-corrected chi connectivity index (χ0v) is 8.80. The standard InChI is InChI=1S/C10H11F3S/c1-3-14-9-5-4-8(6-7(9)2)10(11,12)13/h4-6H,3H2,1-2H3. The van der Waals surface area contributed by atoms with Gasteiger partial charge in [-0.15, -0.1) is 11.8 Å². The largest absolute Gasteiger partial charge is 0.416 e. The van der Waals surface area contributed by atoms with Crippen molar-refractivity contribution in [3.8, 4) is 0 Å². The average Bonchev–Trinajstić information content (AvgIpc) is 2.07. The van der Waals surface area contributed by atoms with E-state index in [2.05, 4.69) is 0 Å². The van der Waals surface area contributed by atoms with Crippen molar-refractivity contribution in [2.45, 2.75) is 24.9 Å². The summed E-state index contributed by atoms with van der Waals surface area (Å²) in [5.41, 5.74) is 0.113. The SMILES string of the molecule is CCSc1ccc(C(F)(F)F)cc1C. The van der Waals surface area contributed by atoms with Crippen molar-refractivity contribution in [3.05, 3.63) is 29.3 Å². The van der Waals surface area contributed by atoms with Crippen LogP contribution in [0.4, 0.5) is 13.2 Å². The molecule has 0 spiro atoms. The lowest BCUT2D eigenvalue weighted by atomic mass is 10.1. The van der Waals surface area contributed by atoms with E-state index in [4.69, 9.17) is 0 Å². The zero-order chi connectivity index (χ0) is 10.8. The number of aryl methyl sites for hydroxylation is 1. The first-order valence-corrected chi connectivity index (χ1v) is 5.24. The van der Waals surface area contributed by atoms with E-state index in [1.165, 1.54) is 12.1 Å². The second-order valence-corrected chi connectivity index (χ2v) is 4.22. The van der Waals surface area contributed by atoms with E-state index in [-0.39, 0.29) is 0 Å². The molecule has 14 heavy (non-hydrogen) atoms. The highest BCUT2D eigenvalue weighted by molar-refractivity contribution is 7.99. The lowest BCUT2D eigenvalue weighted by Crippen LogP contribution is -2.05. The number of alkyl halides is 3. The number of hydrogen-bond acceptors (Lipinski definition) is 1. The molecule has 78 valence electrons. The third kappa shape index (κ3) is 2.67. The van der Waals surface area contributed by atoms with Gasteiger partial charge in [0.2, 0.25) is 0 Å². The van der Waals surface area contributed by atoms with E-state index < -0.39 is 11.7 Å². The summed E-state index contributed by atoms with van der Waals surface area (Å²) < 4.78 is 36.8. The number of thioether (sulfide) groups is 1. The van der Waals surface area contributed by atoms with Crippen molar-refractivity contribution in [2.75, 3.05) is 5.75 Å². The molecular formula is C10H11F3S. The van der Waals surface area contributed by atoms with Crippen molar-refractivity contribution in [1.29, 1.82) is 0 Å². The fourth-order valence-corrected chi connectivity index (χ4v) is 1.91. The molecule has 0 amide bonds. The molecule has 0 saturated heterocycles. The van der Waals surface area contributed by atoms with Gasteiger partial charge in [-0.05, 0) is 36.4 Å². The van der Waals surface area contributed by atoms with Gasteiger partial charge in [0, 0.05) is 4.90 Å². The van der Waals surface area contributed by atoms with Crippen LogP contribution in [0.2, 0.25) is 0 Å². The maximum Gasteiger partial charge on any atom is 0.416 e. The monoisotopic (exact) mass is 220 g/mol. The highest BCUT2D eigenvalue weighted by Gasteiger charge is 2.30. The number of halogens is 3. The van der Waals surface area contributed by atoms with Crippen LogP contribution in [-0.4, -0.2) is 5.75 Å². The van der Waals surface area contributed by atoms with Gasteiger partial charge in [0.25, 0.3) is 0 Å². The van der Waals surface area contributed by atoms with Gasteiger partial charge in [-0.25, -0.2) is 0 Å². The number of benzene rings is 1. The molecule has 0 aliphatic carbocycles. The van der Waals surface area contributed by atoms with Crippen LogP contribution in [0.25, 0.3) is 0 Å². The Morgan fingerprint density at radius 2 is 1.93 bits per heavy atom. The summed E-state index contributed by atoms with van der Waals surface area (Å²) in [6.45, 7) is 3.68. The van der Waals surface area contributed by atoms with Crippen LogP contribution in [0.15, 0.2) is 23.1 Å². The van der Waals surface area contributed by atoms with Crippen LogP contribution in [-0.2, 0) is 6.18 Å². The molecule has 0 atom stereocenters. The minimum Gasteiger partial charge on any atom is -0.166 e. The Bertz CT molecular complexity index is 318. The van der Waals surface area contributed by atoms with Gasteiger partial charge >= 0.3 is 6.18 Å². The molecule has 1 aromatic rings. The molecule has 0 saturated carbocycles.